The van der Waals surface area contributed by atoms with E-state index < -0.39 is 0 Å². The van der Waals surface area contributed by atoms with Crippen LogP contribution in [0.5, 0.6) is 0 Å². The molecule has 1 atom stereocenters. The highest BCUT2D eigenvalue weighted by atomic mass is 16.5. The zero-order valence-electron chi connectivity index (χ0n) is 14.0. The zero-order valence-corrected chi connectivity index (χ0v) is 14.0. The first-order valence-electron chi connectivity index (χ1n) is 8.16. The number of likely N-dealkylation sites (tertiary alicyclic amines) is 1. The van der Waals surface area contributed by atoms with Crippen LogP contribution in [0, 0.1) is 0 Å². The summed E-state index contributed by atoms with van der Waals surface area (Å²) in [6.07, 6.45) is 3.87. The Labute approximate surface area is 136 Å². The van der Waals surface area contributed by atoms with Crippen molar-refractivity contribution in [2.45, 2.75) is 58.2 Å². The van der Waals surface area contributed by atoms with Gasteiger partial charge < -0.3 is 4.52 Å². The van der Waals surface area contributed by atoms with Crippen molar-refractivity contribution in [3.8, 4) is 0 Å². The maximum absolute atomic E-state index is 12.2. The molecule has 6 heteroatoms. The summed E-state index contributed by atoms with van der Waals surface area (Å²) >= 11 is 0. The van der Waals surface area contributed by atoms with E-state index in [9.17, 15) is 4.79 Å². The van der Waals surface area contributed by atoms with Gasteiger partial charge in [0.15, 0.2) is 5.76 Å². The molecule has 2 aromatic heterocycles. The van der Waals surface area contributed by atoms with Gasteiger partial charge in [-0.15, -0.1) is 0 Å². The highest BCUT2D eigenvalue weighted by molar-refractivity contribution is 5.10. The molecule has 124 valence electrons. The highest BCUT2D eigenvalue weighted by Gasteiger charge is 2.27. The Kier molecular flexibility index (Phi) is 4.35. The van der Waals surface area contributed by atoms with E-state index in [2.05, 4.69) is 35.9 Å². The molecule has 1 saturated heterocycles. The maximum Gasteiger partial charge on any atom is 0.266 e. The lowest BCUT2D eigenvalue weighted by Crippen LogP contribution is -2.37. The van der Waals surface area contributed by atoms with Crippen LogP contribution < -0.4 is 5.56 Å². The molecule has 1 unspecified atom stereocenters. The first-order chi connectivity index (χ1) is 10.9. The summed E-state index contributed by atoms with van der Waals surface area (Å²) < 4.78 is 6.82. The van der Waals surface area contributed by atoms with Crippen molar-refractivity contribution in [1.29, 1.82) is 0 Å². The summed E-state index contributed by atoms with van der Waals surface area (Å²) in [5, 5.41) is 8.34. The lowest BCUT2D eigenvalue weighted by Gasteiger charge is -2.24. The first kappa shape index (κ1) is 15.9. The Morgan fingerprint density at radius 2 is 2.13 bits per heavy atom. The van der Waals surface area contributed by atoms with E-state index in [1.807, 2.05) is 12.1 Å². The van der Waals surface area contributed by atoms with Crippen molar-refractivity contribution >= 4 is 0 Å². The third-order valence-corrected chi connectivity index (χ3v) is 4.37. The van der Waals surface area contributed by atoms with Crippen molar-refractivity contribution < 1.29 is 4.52 Å². The molecule has 3 rings (SSSR count). The van der Waals surface area contributed by atoms with Gasteiger partial charge in [-0.3, -0.25) is 9.69 Å². The van der Waals surface area contributed by atoms with Crippen LogP contribution >= 0.6 is 0 Å². The smallest absolute Gasteiger partial charge is 0.266 e. The van der Waals surface area contributed by atoms with Crippen LogP contribution in [0.2, 0.25) is 0 Å². The summed E-state index contributed by atoms with van der Waals surface area (Å²) in [7, 11) is 0. The molecule has 0 aliphatic carbocycles. The van der Waals surface area contributed by atoms with E-state index in [1.165, 1.54) is 0 Å². The molecule has 2 aromatic rings. The molecule has 1 fully saturated rings. The molecule has 1 aliphatic rings. The average Bonchev–Trinajstić information content (AvgIpc) is 3.13. The molecule has 6 nitrogen and oxygen atoms in total. The summed E-state index contributed by atoms with van der Waals surface area (Å²) in [6.45, 7) is 8.69. The summed E-state index contributed by atoms with van der Waals surface area (Å²) in [5.74, 6) is 0.862. The summed E-state index contributed by atoms with van der Waals surface area (Å²) in [5.41, 5.74) is 0.839. The Morgan fingerprint density at radius 1 is 1.30 bits per heavy atom. The summed E-state index contributed by atoms with van der Waals surface area (Å²) in [4.78, 5) is 14.5. The minimum Gasteiger partial charge on any atom is -0.360 e. The second-order valence-corrected chi connectivity index (χ2v) is 7.23. The van der Waals surface area contributed by atoms with E-state index >= 15 is 0 Å². The molecule has 0 saturated carbocycles. The van der Waals surface area contributed by atoms with E-state index in [0.29, 0.717) is 12.6 Å². The number of hydrogen-bond acceptors (Lipinski definition) is 5. The highest BCUT2D eigenvalue weighted by Crippen LogP contribution is 2.22. The fraction of sp³-hybridized carbons (Fsp3) is 0.588. The van der Waals surface area contributed by atoms with Crippen LogP contribution in [0.1, 0.15) is 45.1 Å². The number of aromatic nitrogens is 3. The molecular weight excluding hydrogens is 292 g/mol. The van der Waals surface area contributed by atoms with Gasteiger partial charge in [0.2, 0.25) is 0 Å². The molecule has 0 bridgehead atoms. The quantitative estimate of drug-likeness (QED) is 0.865. The molecule has 0 amide bonds. The number of rotatable bonds is 4. The van der Waals surface area contributed by atoms with Crippen LogP contribution in [-0.2, 0) is 18.5 Å². The standard InChI is InChI=1S/C17H24N4O2/c1-17(2,3)15-6-7-16(22)21(19-15)11-13-5-4-10-20(13)12-14-8-9-18-23-14/h6-9,13H,4-5,10-12H2,1-3H3. The van der Waals surface area contributed by atoms with Gasteiger partial charge in [-0.05, 0) is 25.5 Å². The van der Waals surface area contributed by atoms with Gasteiger partial charge in [-0.2, -0.15) is 5.10 Å². The van der Waals surface area contributed by atoms with Crippen LogP contribution in [0.3, 0.4) is 0 Å². The minimum absolute atomic E-state index is 0.0375. The first-order valence-corrected chi connectivity index (χ1v) is 8.16. The predicted molar refractivity (Wildman–Crippen MR) is 87.1 cm³/mol. The van der Waals surface area contributed by atoms with Gasteiger partial charge in [0, 0.05) is 23.6 Å². The van der Waals surface area contributed by atoms with Crippen molar-refractivity contribution in [2.75, 3.05) is 6.54 Å². The minimum atomic E-state index is -0.0648. The monoisotopic (exact) mass is 316 g/mol. The van der Waals surface area contributed by atoms with Crippen molar-refractivity contribution in [3.05, 3.63) is 46.2 Å². The van der Waals surface area contributed by atoms with E-state index in [0.717, 1.165) is 37.4 Å². The average molecular weight is 316 g/mol. The van der Waals surface area contributed by atoms with Crippen LogP contribution in [0.25, 0.3) is 0 Å². The SMILES string of the molecule is CC(C)(C)c1ccc(=O)n(CC2CCCN2Cc2ccno2)n1. The van der Waals surface area contributed by atoms with Crippen LogP contribution in [0.15, 0.2) is 33.7 Å². The molecule has 3 heterocycles. The predicted octanol–water partition coefficient (Wildman–Crippen LogP) is 2.19. The molecule has 0 N–H and O–H groups in total. The lowest BCUT2D eigenvalue weighted by molar-refractivity contribution is 0.193. The van der Waals surface area contributed by atoms with E-state index in [-0.39, 0.29) is 11.0 Å². The number of hydrogen-bond donors (Lipinski definition) is 0. The molecule has 0 radical (unpaired) electrons. The second kappa shape index (κ2) is 6.28. The van der Waals surface area contributed by atoms with Gasteiger partial charge >= 0.3 is 0 Å². The Morgan fingerprint density at radius 3 is 2.83 bits per heavy atom. The van der Waals surface area contributed by atoms with Crippen molar-refractivity contribution in [1.82, 2.24) is 19.8 Å². The summed E-state index contributed by atoms with van der Waals surface area (Å²) in [6, 6.07) is 5.66. The third-order valence-electron chi connectivity index (χ3n) is 4.37. The van der Waals surface area contributed by atoms with E-state index in [1.54, 1.807) is 16.9 Å². The molecule has 1 aliphatic heterocycles. The Bertz CT molecular complexity index is 700. The third kappa shape index (κ3) is 3.69. The van der Waals surface area contributed by atoms with E-state index in [4.69, 9.17) is 4.52 Å². The second-order valence-electron chi connectivity index (χ2n) is 7.23. The topological polar surface area (TPSA) is 64.2 Å². The van der Waals surface area contributed by atoms with Gasteiger partial charge in [0.05, 0.1) is 25.0 Å². The van der Waals surface area contributed by atoms with Crippen LogP contribution in [-0.4, -0.2) is 32.4 Å². The fourth-order valence-electron chi connectivity index (χ4n) is 3.01. The molecule has 0 spiro atoms. The van der Waals surface area contributed by atoms with Gasteiger partial charge in [0.25, 0.3) is 5.56 Å². The zero-order chi connectivity index (χ0) is 16.4. The largest absolute Gasteiger partial charge is 0.360 e. The van der Waals surface area contributed by atoms with Crippen molar-refractivity contribution in [3.63, 3.8) is 0 Å². The normalized spacial score (nSPS) is 19.3. The molecular formula is C17H24N4O2. The molecule has 23 heavy (non-hydrogen) atoms. The molecule has 0 aromatic carbocycles. The maximum atomic E-state index is 12.2. The van der Waals surface area contributed by atoms with Gasteiger partial charge in [-0.25, -0.2) is 4.68 Å². The van der Waals surface area contributed by atoms with Crippen LogP contribution in [0.4, 0.5) is 0 Å². The Balaban J connectivity index is 1.76. The lowest BCUT2D eigenvalue weighted by atomic mass is 9.92. The van der Waals surface area contributed by atoms with Gasteiger partial charge in [-0.1, -0.05) is 25.9 Å². The van der Waals surface area contributed by atoms with Crippen molar-refractivity contribution in [2.24, 2.45) is 0 Å². The number of nitrogens with zero attached hydrogens (tertiary/aromatic N) is 4. The van der Waals surface area contributed by atoms with Gasteiger partial charge in [0.1, 0.15) is 0 Å². The fourth-order valence-corrected chi connectivity index (χ4v) is 3.01. The Hall–Kier alpha value is -1.95.